The molecule has 0 aliphatic carbocycles. The molecule has 0 atom stereocenters. The molecule has 0 saturated carbocycles. The van der Waals surface area contributed by atoms with Crippen LogP contribution in [0.3, 0.4) is 0 Å². The summed E-state index contributed by atoms with van der Waals surface area (Å²) >= 11 is 3.32. The Hall–Kier alpha value is -1.34. The van der Waals surface area contributed by atoms with E-state index in [1.54, 1.807) is 6.19 Å². The number of ether oxygens (including phenoxy) is 1. The fourth-order valence-corrected chi connectivity index (χ4v) is 1.29. The third-order valence-corrected chi connectivity index (χ3v) is 1.91. The smallest absolute Gasteiger partial charge is 0.231 e. The van der Waals surface area contributed by atoms with Crippen LogP contribution in [-0.4, -0.2) is 13.0 Å². The second-order valence-electron chi connectivity index (χ2n) is 2.23. The van der Waals surface area contributed by atoms with Crippen LogP contribution in [0.5, 0.6) is 0 Å². The first kappa shape index (κ1) is 9.75. The van der Waals surface area contributed by atoms with Gasteiger partial charge in [0.05, 0.1) is 7.11 Å². The summed E-state index contributed by atoms with van der Waals surface area (Å²) in [6, 6.07) is 7.40. The van der Waals surface area contributed by atoms with Crippen molar-refractivity contribution in [3.05, 3.63) is 34.3 Å². The van der Waals surface area contributed by atoms with Gasteiger partial charge in [-0.2, -0.15) is 5.26 Å². The lowest BCUT2D eigenvalue weighted by molar-refractivity contribution is 0.405. The normalized spacial score (nSPS) is 10.7. The molecule has 1 aromatic carbocycles. The average Bonchev–Trinajstić information content (AvgIpc) is 2.14. The first-order valence-electron chi connectivity index (χ1n) is 3.54. The van der Waals surface area contributed by atoms with Crippen LogP contribution in [0.1, 0.15) is 5.56 Å². The van der Waals surface area contributed by atoms with Crippen molar-refractivity contribution in [3.8, 4) is 6.19 Å². The molecule has 0 aromatic heterocycles. The minimum absolute atomic E-state index is 0.323. The molecule has 0 amide bonds. The summed E-state index contributed by atoms with van der Waals surface area (Å²) < 4.78 is 5.86. The largest absolute Gasteiger partial charge is 0.480 e. The third kappa shape index (κ3) is 2.56. The van der Waals surface area contributed by atoms with E-state index in [-0.39, 0.29) is 0 Å². The van der Waals surface area contributed by atoms with Crippen LogP contribution in [0.2, 0.25) is 0 Å². The summed E-state index contributed by atoms with van der Waals surface area (Å²) in [4.78, 5) is 3.53. The summed E-state index contributed by atoms with van der Waals surface area (Å²) in [6.07, 6.45) is 1.68. The van der Waals surface area contributed by atoms with Crippen molar-refractivity contribution < 1.29 is 4.74 Å². The Labute approximate surface area is 84.8 Å². The van der Waals surface area contributed by atoms with Gasteiger partial charge in [0.1, 0.15) is 0 Å². The highest BCUT2D eigenvalue weighted by atomic mass is 79.9. The molecule has 4 heteroatoms. The summed E-state index contributed by atoms with van der Waals surface area (Å²) in [5.74, 6) is 0.323. The van der Waals surface area contributed by atoms with E-state index in [2.05, 4.69) is 20.9 Å². The van der Waals surface area contributed by atoms with Crippen LogP contribution >= 0.6 is 15.9 Å². The number of methoxy groups -OCH3 is 1. The Bertz CT molecular complexity index is 368. The third-order valence-electron chi connectivity index (χ3n) is 1.42. The Morgan fingerprint density at radius 2 is 2.38 bits per heavy atom. The van der Waals surface area contributed by atoms with Crippen molar-refractivity contribution in [2.24, 2.45) is 4.99 Å². The fraction of sp³-hybridized carbons (Fsp3) is 0.111. The first-order valence-corrected chi connectivity index (χ1v) is 4.34. The zero-order chi connectivity index (χ0) is 9.68. The molecule has 0 aliphatic heterocycles. The molecule has 3 nitrogen and oxygen atoms in total. The van der Waals surface area contributed by atoms with Gasteiger partial charge in [-0.25, -0.2) is 0 Å². The van der Waals surface area contributed by atoms with Crippen molar-refractivity contribution in [1.82, 2.24) is 0 Å². The van der Waals surface area contributed by atoms with Crippen LogP contribution in [0.25, 0.3) is 0 Å². The van der Waals surface area contributed by atoms with Crippen LogP contribution in [0.15, 0.2) is 33.7 Å². The van der Waals surface area contributed by atoms with Crippen LogP contribution in [0.4, 0.5) is 0 Å². The minimum atomic E-state index is 0.323. The van der Waals surface area contributed by atoms with Crippen molar-refractivity contribution >= 4 is 21.8 Å². The van der Waals surface area contributed by atoms with E-state index in [1.165, 1.54) is 7.11 Å². The fourth-order valence-electron chi connectivity index (χ4n) is 0.895. The first-order chi connectivity index (χ1) is 6.27. The molecule has 0 spiro atoms. The van der Waals surface area contributed by atoms with Crippen molar-refractivity contribution in [2.75, 3.05) is 7.11 Å². The van der Waals surface area contributed by atoms with Gasteiger partial charge < -0.3 is 4.74 Å². The van der Waals surface area contributed by atoms with Gasteiger partial charge in [0.25, 0.3) is 0 Å². The zero-order valence-corrected chi connectivity index (χ0v) is 8.58. The summed E-state index contributed by atoms with van der Waals surface area (Å²) in [5.41, 5.74) is 0.776. The lowest BCUT2D eigenvalue weighted by atomic mass is 10.2. The second kappa shape index (κ2) is 4.63. The number of nitriles is 1. The lowest BCUT2D eigenvalue weighted by Crippen LogP contribution is -2.02. The number of aliphatic imine (C=N–C) groups is 1. The lowest BCUT2D eigenvalue weighted by Gasteiger charge is -2.02. The Morgan fingerprint density at radius 1 is 1.62 bits per heavy atom. The highest BCUT2D eigenvalue weighted by molar-refractivity contribution is 9.10. The van der Waals surface area contributed by atoms with Crippen LogP contribution in [0, 0.1) is 11.5 Å². The van der Waals surface area contributed by atoms with Gasteiger partial charge in [0, 0.05) is 10.0 Å². The standard InChI is InChI=1S/C9H7BrN2O/c1-13-9(12-6-11)7-3-2-4-8(10)5-7/h2-5H,1H3. The number of rotatable bonds is 1. The molecule has 0 N–H and O–H groups in total. The number of halogens is 1. The molecule has 1 rings (SSSR count). The Morgan fingerprint density at radius 3 is 2.92 bits per heavy atom. The summed E-state index contributed by atoms with van der Waals surface area (Å²) in [7, 11) is 1.48. The van der Waals surface area contributed by atoms with Gasteiger partial charge >= 0.3 is 0 Å². The summed E-state index contributed by atoms with van der Waals surface area (Å²) in [5, 5.41) is 8.37. The van der Waals surface area contributed by atoms with Gasteiger partial charge in [-0.3, -0.25) is 0 Å². The number of nitrogens with zero attached hydrogens (tertiary/aromatic N) is 2. The molecule has 1 aromatic rings. The number of hydrogen-bond donors (Lipinski definition) is 0. The van der Waals surface area contributed by atoms with Gasteiger partial charge in [-0.05, 0) is 18.2 Å². The molecule has 13 heavy (non-hydrogen) atoms. The van der Waals surface area contributed by atoms with Crippen molar-refractivity contribution in [1.29, 1.82) is 5.26 Å². The monoisotopic (exact) mass is 238 g/mol. The Balaban J connectivity index is 3.07. The molecule has 66 valence electrons. The van der Waals surface area contributed by atoms with Gasteiger partial charge in [0.2, 0.25) is 12.1 Å². The maximum Gasteiger partial charge on any atom is 0.231 e. The van der Waals surface area contributed by atoms with E-state index in [0.717, 1.165) is 10.0 Å². The SMILES string of the molecule is COC(=NC#N)c1cccc(Br)c1. The van der Waals surface area contributed by atoms with E-state index in [4.69, 9.17) is 10.00 Å². The topological polar surface area (TPSA) is 45.4 Å². The molecular weight excluding hydrogens is 232 g/mol. The van der Waals surface area contributed by atoms with E-state index in [1.807, 2.05) is 24.3 Å². The van der Waals surface area contributed by atoms with E-state index >= 15 is 0 Å². The second-order valence-corrected chi connectivity index (χ2v) is 3.15. The van der Waals surface area contributed by atoms with E-state index in [9.17, 15) is 0 Å². The van der Waals surface area contributed by atoms with E-state index in [0.29, 0.717) is 5.90 Å². The molecule has 0 fully saturated rings. The summed E-state index contributed by atoms with van der Waals surface area (Å²) in [6.45, 7) is 0. The molecule has 0 bridgehead atoms. The average molecular weight is 239 g/mol. The highest BCUT2D eigenvalue weighted by Gasteiger charge is 2.02. The molecule has 0 aliphatic rings. The highest BCUT2D eigenvalue weighted by Crippen LogP contribution is 2.12. The maximum atomic E-state index is 8.37. The number of hydrogen-bond acceptors (Lipinski definition) is 3. The molecular formula is C9H7BrN2O. The predicted octanol–water partition coefficient (Wildman–Crippen LogP) is 2.32. The zero-order valence-electron chi connectivity index (χ0n) is 6.99. The van der Waals surface area contributed by atoms with E-state index < -0.39 is 0 Å². The molecule has 0 heterocycles. The Kier molecular flexibility index (Phi) is 3.47. The predicted molar refractivity (Wildman–Crippen MR) is 53.3 cm³/mol. The van der Waals surface area contributed by atoms with Gasteiger partial charge in [0.15, 0.2) is 0 Å². The maximum absolute atomic E-state index is 8.37. The minimum Gasteiger partial charge on any atom is -0.480 e. The van der Waals surface area contributed by atoms with Gasteiger partial charge in [-0.1, -0.05) is 22.0 Å². The molecule has 0 unspecified atom stereocenters. The number of benzene rings is 1. The van der Waals surface area contributed by atoms with Crippen LogP contribution < -0.4 is 0 Å². The molecule has 0 radical (unpaired) electrons. The van der Waals surface area contributed by atoms with Crippen molar-refractivity contribution in [3.63, 3.8) is 0 Å². The quantitative estimate of drug-likeness (QED) is 0.429. The molecule has 0 saturated heterocycles. The van der Waals surface area contributed by atoms with Crippen molar-refractivity contribution in [2.45, 2.75) is 0 Å². The van der Waals surface area contributed by atoms with Gasteiger partial charge in [-0.15, -0.1) is 4.99 Å². The van der Waals surface area contributed by atoms with Crippen LogP contribution in [-0.2, 0) is 4.74 Å².